The van der Waals surface area contributed by atoms with Crippen LogP contribution in [0.1, 0.15) is 28.5 Å². The maximum atomic E-state index is 13.3. The van der Waals surface area contributed by atoms with Gasteiger partial charge in [0.1, 0.15) is 16.3 Å². The van der Waals surface area contributed by atoms with Crippen LogP contribution in [0.4, 0.5) is 5.69 Å². The van der Waals surface area contributed by atoms with Gasteiger partial charge in [-0.05, 0) is 43.3 Å². The summed E-state index contributed by atoms with van der Waals surface area (Å²) >= 11 is 0. The number of ether oxygens (including phenoxy) is 2. The Kier molecular flexibility index (Phi) is 6.94. The van der Waals surface area contributed by atoms with Crippen molar-refractivity contribution in [1.29, 1.82) is 0 Å². The quantitative estimate of drug-likeness (QED) is 0.323. The summed E-state index contributed by atoms with van der Waals surface area (Å²) in [5.41, 5.74) is 1.76. The Morgan fingerprint density at radius 3 is 2.60 bits per heavy atom. The van der Waals surface area contributed by atoms with Crippen LogP contribution in [-0.4, -0.2) is 38.1 Å². The van der Waals surface area contributed by atoms with Crippen molar-refractivity contribution in [3.8, 4) is 17.6 Å². The van der Waals surface area contributed by atoms with Crippen molar-refractivity contribution >= 4 is 32.6 Å². The molecule has 0 spiro atoms. The van der Waals surface area contributed by atoms with Crippen LogP contribution in [0.25, 0.3) is 10.9 Å². The fraction of sp³-hybridized carbons (Fsp3) is 0.115. The van der Waals surface area contributed by atoms with Crippen LogP contribution in [0, 0.1) is 11.8 Å². The average molecular weight is 488 g/mol. The molecule has 0 saturated carbocycles. The molecule has 0 atom stereocenters. The molecule has 0 bridgehead atoms. The maximum Gasteiger partial charge on any atom is 0.356 e. The molecule has 176 valence electrons. The molecule has 0 amide bonds. The van der Waals surface area contributed by atoms with E-state index in [-0.39, 0.29) is 16.3 Å². The predicted molar refractivity (Wildman–Crippen MR) is 132 cm³/mol. The Balaban J connectivity index is 1.71. The van der Waals surface area contributed by atoms with Gasteiger partial charge in [0, 0.05) is 35.0 Å². The van der Waals surface area contributed by atoms with Gasteiger partial charge < -0.3 is 9.47 Å². The minimum atomic E-state index is -3.99. The van der Waals surface area contributed by atoms with Crippen LogP contribution in [0.15, 0.2) is 78.0 Å². The van der Waals surface area contributed by atoms with Gasteiger partial charge in [0.05, 0.1) is 24.9 Å². The van der Waals surface area contributed by atoms with E-state index in [9.17, 15) is 13.2 Å². The fourth-order valence-corrected chi connectivity index (χ4v) is 4.55. The van der Waals surface area contributed by atoms with Crippen molar-refractivity contribution in [3.05, 3.63) is 89.9 Å². The number of para-hydroxylation sites is 1. The molecule has 2 heterocycles. The molecule has 4 rings (SSSR count). The molecule has 0 unspecified atom stereocenters. The normalized spacial score (nSPS) is 10.8. The molecule has 1 N–H and O–H groups in total. The summed E-state index contributed by atoms with van der Waals surface area (Å²) < 4.78 is 39.5. The number of benzene rings is 2. The number of rotatable bonds is 6. The number of esters is 1. The largest absolute Gasteiger partial charge is 0.494 e. The Bertz CT molecular complexity index is 1550. The summed E-state index contributed by atoms with van der Waals surface area (Å²) in [7, 11) is -2.72. The number of methoxy groups -OCH3 is 1. The van der Waals surface area contributed by atoms with Crippen molar-refractivity contribution in [3.63, 3.8) is 0 Å². The molecule has 0 fully saturated rings. The topological polar surface area (TPSA) is 107 Å². The summed E-state index contributed by atoms with van der Waals surface area (Å²) in [5.74, 6) is 5.86. The van der Waals surface area contributed by atoms with Crippen LogP contribution >= 0.6 is 0 Å². The van der Waals surface area contributed by atoms with Crippen LogP contribution in [0.3, 0.4) is 0 Å². The Morgan fingerprint density at radius 1 is 1.03 bits per heavy atom. The van der Waals surface area contributed by atoms with Gasteiger partial charge in [-0.25, -0.2) is 18.2 Å². The zero-order valence-electron chi connectivity index (χ0n) is 19.0. The van der Waals surface area contributed by atoms with Crippen LogP contribution in [0.5, 0.6) is 5.75 Å². The third kappa shape index (κ3) is 5.39. The van der Waals surface area contributed by atoms with E-state index in [0.717, 1.165) is 0 Å². The molecule has 0 saturated heterocycles. The number of pyridine rings is 2. The van der Waals surface area contributed by atoms with Gasteiger partial charge in [-0.2, -0.15) is 0 Å². The lowest BCUT2D eigenvalue weighted by molar-refractivity contribution is 0.0594. The van der Waals surface area contributed by atoms with E-state index in [2.05, 4.69) is 31.3 Å². The minimum absolute atomic E-state index is 0.0546. The molecule has 4 aromatic rings. The summed E-state index contributed by atoms with van der Waals surface area (Å²) in [6.07, 6.45) is 2.99. The Morgan fingerprint density at radius 2 is 1.86 bits per heavy atom. The first-order valence-electron chi connectivity index (χ1n) is 10.6. The monoisotopic (exact) mass is 487 g/mol. The van der Waals surface area contributed by atoms with Gasteiger partial charge in [0.15, 0.2) is 0 Å². The van der Waals surface area contributed by atoms with E-state index < -0.39 is 16.0 Å². The Labute approximate surface area is 203 Å². The van der Waals surface area contributed by atoms with E-state index in [1.165, 1.54) is 25.4 Å². The second-order valence-electron chi connectivity index (χ2n) is 7.25. The highest BCUT2D eigenvalue weighted by atomic mass is 32.2. The third-order valence-electron chi connectivity index (χ3n) is 4.93. The smallest absolute Gasteiger partial charge is 0.356 e. The summed E-state index contributed by atoms with van der Waals surface area (Å²) in [5, 5.41) is 0.710. The lowest BCUT2D eigenvalue weighted by Crippen LogP contribution is -2.15. The zero-order valence-corrected chi connectivity index (χ0v) is 19.8. The van der Waals surface area contributed by atoms with Crippen LogP contribution in [-0.2, 0) is 14.8 Å². The molecule has 2 aromatic heterocycles. The first kappa shape index (κ1) is 23.7. The molecule has 0 aliphatic rings. The molecular weight excluding hydrogens is 466 g/mol. The van der Waals surface area contributed by atoms with E-state index in [0.29, 0.717) is 34.4 Å². The van der Waals surface area contributed by atoms with E-state index >= 15 is 0 Å². The second-order valence-corrected chi connectivity index (χ2v) is 8.90. The first-order valence-corrected chi connectivity index (χ1v) is 12.1. The van der Waals surface area contributed by atoms with Gasteiger partial charge in [0.2, 0.25) is 0 Å². The second kappa shape index (κ2) is 10.2. The molecule has 2 aromatic carbocycles. The van der Waals surface area contributed by atoms with Crippen molar-refractivity contribution in [2.75, 3.05) is 18.4 Å². The third-order valence-corrected chi connectivity index (χ3v) is 6.33. The number of hydrogen-bond donors (Lipinski definition) is 1. The van der Waals surface area contributed by atoms with Crippen molar-refractivity contribution in [1.82, 2.24) is 9.97 Å². The summed E-state index contributed by atoms with van der Waals surface area (Å²) in [6.45, 7) is 2.26. The number of carbonyl (C=O) groups excluding carboxylic acids is 1. The predicted octanol–water partition coefficient (Wildman–Crippen LogP) is 4.02. The zero-order chi connectivity index (χ0) is 24.8. The van der Waals surface area contributed by atoms with E-state index in [1.807, 2.05) is 6.92 Å². The molecule has 0 radical (unpaired) electrons. The van der Waals surface area contributed by atoms with Crippen molar-refractivity contribution in [2.45, 2.75) is 11.8 Å². The van der Waals surface area contributed by atoms with Gasteiger partial charge in [-0.1, -0.05) is 30.0 Å². The molecule has 35 heavy (non-hydrogen) atoms. The average Bonchev–Trinajstić information content (AvgIpc) is 2.87. The summed E-state index contributed by atoms with van der Waals surface area (Å²) in [6, 6.07) is 16.6. The molecular formula is C26H21N3O5S. The number of nitrogens with one attached hydrogen (secondary N) is 1. The van der Waals surface area contributed by atoms with E-state index in [4.69, 9.17) is 4.74 Å². The molecule has 0 aliphatic carbocycles. The van der Waals surface area contributed by atoms with Gasteiger partial charge >= 0.3 is 5.97 Å². The number of sulfonamides is 1. The Hall–Kier alpha value is -4.42. The fourth-order valence-electron chi connectivity index (χ4n) is 3.30. The number of aromatic nitrogens is 2. The number of carbonyl (C=O) groups is 1. The van der Waals surface area contributed by atoms with Gasteiger partial charge in [-0.15, -0.1) is 0 Å². The number of anilines is 1. The van der Waals surface area contributed by atoms with Crippen LogP contribution < -0.4 is 9.46 Å². The standard InChI is InChI=1S/C26H21N3O5S/c1-3-34-21-13-12-19(11-9-18-10-14-22(28-17-18)26(30)33-2)23(16-21)29-35(31,32)24-8-4-6-20-7-5-15-27-25(20)24/h4-8,10,12-17,29H,3H2,1-2H3. The van der Waals surface area contributed by atoms with Gasteiger partial charge in [-0.3, -0.25) is 9.71 Å². The number of hydrogen-bond acceptors (Lipinski definition) is 7. The highest BCUT2D eigenvalue weighted by Gasteiger charge is 2.20. The van der Waals surface area contributed by atoms with Crippen LogP contribution in [0.2, 0.25) is 0 Å². The van der Waals surface area contributed by atoms with E-state index in [1.54, 1.807) is 54.7 Å². The number of fused-ring (bicyclic) bond motifs is 1. The molecule has 0 aliphatic heterocycles. The summed E-state index contributed by atoms with van der Waals surface area (Å²) in [4.78, 5) is 19.9. The first-order chi connectivity index (χ1) is 16.9. The lowest BCUT2D eigenvalue weighted by Gasteiger charge is -2.13. The maximum absolute atomic E-state index is 13.3. The highest BCUT2D eigenvalue weighted by molar-refractivity contribution is 7.93. The highest BCUT2D eigenvalue weighted by Crippen LogP contribution is 2.27. The molecule has 8 nitrogen and oxygen atoms in total. The lowest BCUT2D eigenvalue weighted by atomic mass is 10.1. The molecule has 9 heteroatoms. The SMILES string of the molecule is CCOc1ccc(C#Cc2ccc(C(=O)OC)nc2)c(NS(=O)(=O)c2cccc3cccnc23)c1. The van der Waals surface area contributed by atoms with Crippen molar-refractivity contribution in [2.24, 2.45) is 0 Å². The van der Waals surface area contributed by atoms with Crippen molar-refractivity contribution < 1.29 is 22.7 Å². The number of nitrogens with zero attached hydrogens (tertiary/aromatic N) is 2. The van der Waals surface area contributed by atoms with Gasteiger partial charge in [0.25, 0.3) is 10.0 Å². The minimum Gasteiger partial charge on any atom is -0.494 e.